The van der Waals surface area contributed by atoms with Gasteiger partial charge in [-0.05, 0) is 61.7 Å². The van der Waals surface area contributed by atoms with Crippen LogP contribution in [0.2, 0.25) is 0 Å². The zero-order valence-electron chi connectivity index (χ0n) is 16.6. The molecule has 1 aliphatic heterocycles. The molecule has 2 N–H and O–H groups in total. The highest BCUT2D eigenvalue weighted by Gasteiger charge is 2.19. The molecule has 7 nitrogen and oxygen atoms in total. The Morgan fingerprint density at radius 2 is 1.80 bits per heavy atom. The molecule has 0 saturated carbocycles. The largest absolute Gasteiger partial charge is 0.339 e. The van der Waals surface area contributed by atoms with Gasteiger partial charge in [0.1, 0.15) is 0 Å². The number of rotatable bonds is 5. The fraction of sp³-hybridized carbons (Fsp3) is 0.318. The van der Waals surface area contributed by atoms with Crippen molar-refractivity contribution >= 4 is 44.6 Å². The highest BCUT2D eigenvalue weighted by molar-refractivity contribution is 9.10. The van der Waals surface area contributed by atoms with Gasteiger partial charge in [-0.3, -0.25) is 4.79 Å². The Morgan fingerprint density at radius 3 is 2.57 bits per heavy atom. The van der Waals surface area contributed by atoms with Gasteiger partial charge in [0.25, 0.3) is 5.91 Å². The Balaban J connectivity index is 1.34. The maximum Gasteiger partial charge on any atom is 0.319 e. The molecule has 2 heterocycles. The van der Waals surface area contributed by atoms with Crippen LogP contribution in [0, 0.1) is 0 Å². The molecular weight excluding hydrogens is 446 g/mol. The van der Waals surface area contributed by atoms with E-state index in [0.29, 0.717) is 18.7 Å². The van der Waals surface area contributed by atoms with E-state index in [1.807, 2.05) is 51.9 Å². The van der Waals surface area contributed by atoms with Crippen LogP contribution >= 0.6 is 15.9 Å². The number of urea groups is 1. The molecule has 0 aliphatic carbocycles. The molecule has 0 unspecified atom stereocenters. The van der Waals surface area contributed by atoms with E-state index in [4.69, 9.17) is 0 Å². The number of likely N-dealkylation sites (tertiary alicyclic amines) is 1. The van der Waals surface area contributed by atoms with E-state index in [9.17, 15) is 9.59 Å². The van der Waals surface area contributed by atoms with Crippen molar-refractivity contribution in [3.8, 4) is 0 Å². The van der Waals surface area contributed by atoms with Crippen molar-refractivity contribution < 1.29 is 9.59 Å². The lowest BCUT2D eigenvalue weighted by molar-refractivity contribution is 0.0724. The lowest BCUT2D eigenvalue weighted by Gasteiger charge is -2.26. The number of amides is 3. The molecule has 4 rings (SSSR count). The summed E-state index contributed by atoms with van der Waals surface area (Å²) in [6.07, 6.45) is 5.09. The van der Waals surface area contributed by atoms with Gasteiger partial charge < -0.3 is 20.1 Å². The number of carbonyl (C=O) groups excluding carboxylic acids is 2. The summed E-state index contributed by atoms with van der Waals surface area (Å²) in [7, 11) is 0. The van der Waals surface area contributed by atoms with Crippen LogP contribution in [0.3, 0.4) is 0 Å². The van der Waals surface area contributed by atoms with Gasteiger partial charge >= 0.3 is 6.03 Å². The maximum atomic E-state index is 12.7. The molecule has 2 aromatic carbocycles. The van der Waals surface area contributed by atoms with Gasteiger partial charge in [-0.25, -0.2) is 9.78 Å². The van der Waals surface area contributed by atoms with E-state index < -0.39 is 0 Å². The molecule has 1 saturated heterocycles. The Morgan fingerprint density at radius 1 is 1.03 bits per heavy atom. The Kier molecular flexibility index (Phi) is 6.32. The summed E-state index contributed by atoms with van der Waals surface area (Å²) in [5.41, 5.74) is 3.15. The molecule has 0 atom stereocenters. The lowest BCUT2D eigenvalue weighted by Crippen LogP contribution is -2.35. The lowest BCUT2D eigenvalue weighted by atomic mass is 10.1. The van der Waals surface area contributed by atoms with Crippen LogP contribution in [-0.4, -0.2) is 46.0 Å². The number of nitrogens with zero attached hydrogens (tertiary/aromatic N) is 3. The number of halogens is 1. The zero-order valence-corrected chi connectivity index (χ0v) is 18.2. The van der Waals surface area contributed by atoms with Crippen LogP contribution in [-0.2, 0) is 6.54 Å². The molecule has 1 aromatic heterocycles. The third kappa shape index (κ3) is 4.81. The number of carbonyl (C=O) groups is 2. The number of hydrogen-bond acceptors (Lipinski definition) is 3. The van der Waals surface area contributed by atoms with Crippen molar-refractivity contribution in [3.63, 3.8) is 0 Å². The normalized spacial score (nSPS) is 14.0. The van der Waals surface area contributed by atoms with Crippen molar-refractivity contribution in [2.24, 2.45) is 0 Å². The van der Waals surface area contributed by atoms with E-state index in [2.05, 4.69) is 31.5 Å². The average Bonchev–Trinajstić information content (AvgIpc) is 3.18. The molecule has 1 aliphatic rings. The van der Waals surface area contributed by atoms with Crippen LogP contribution in [0.15, 0.2) is 53.3 Å². The summed E-state index contributed by atoms with van der Waals surface area (Å²) in [6.45, 7) is 2.71. The van der Waals surface area contributed by atoms with Gasteiger partial charge in [-0.1, -0.05) is 15.9 Å². The monoisotopic (exact) mass is 469 g/mol. The summed E-state index contributed by atoms with van der Waals surface area (Å²) in [5, 5.41) is 5.65. The second-order valence-electron chi connectivity index (χ2n) is 7.38. The summed E-state index contributed by atoms with van der Waals surface area (Å²) >= 11 is 3.37. The summed E-state index contributed by atoms with van der Waals surface area (Å²) in [4.78, 5) is 31.1. The van der Waals surface area contributed by atoms with Crippen LogP contribution in [0.25, 0.3) is 11.0 Å². The van der Waals surface area contributed by atoms with Gasteiger partial charge in [-0.15, -0.1) is 0 Å². The van der Waals surface area contributed by atoms with Crippen molar-refractivity contribution in [3.05, 3.63) is 58.8 Å². The van der Waals surface area contributed by atoms with E-state index >= 15 is 0 Å². The number of hydrogen-bond donors (Lipinski definition) is 2. The molecule has 30 heavy (non-hydrogen) atoms. The van der Waals surface area contributed by atoms with Crippen LogP contribution in [0.5, 0.6) is 0 Å². The predicted molar refractivity (Wildman–Crippen MR) is 121 cm³/mol. The van der Waals surface area contributed by atoms with Crippen LogP contribution in [0.4, 0.5) is 10.5 Å². The van der Waals surface area contributed by atoms with Gasteiger partial charge in [0, 0.05) is 41.9 Å². The quantitative estimate of drug-likeness (QED) is 0.586. The van der Waals surface area contributed by atoms with Gasteiger partial charge in [0.2, 0.25) is 0 Å². The minimum absolute atomic E-state index is 0.0810. The molecule has 0 radical (unpaired) electrons. The molecular formula is C22H24BrN5O2. The van der Waals surface area contributed by atoms with E-state index in [-0.39, 0.29) is 11.9 Å². The van der Waals surface area contributed by atoms with Gasteiger partial charge in [-0.2, -0.15) is 0 Å². The zero-order chi connectivity index (χ0) is 20.9. The smallest absolute Gasteiger partial charge is 0.319 e. The predicted octanol–water partition coefficient (Wildman–Crippen LogP) is 4.25. The number of piperidine rings is 1. The van der Waals surface area contributed by atoms with E-state index in [0.717, 1.165) is 47.1 Å². The average molecular weight is 470 g/mol. The number of benzene rings is 2. The SMILES string of the molecule is O=C(NCCn1cnc2cc(C(=O)N3CCCCC3)ccc21)Nc1ccc(Br)cc1. The molecule has 3 aromatic rings. The molecule has 3 amide bonds. The van der Waals surface area contributed by atoms with E-state index in [1.54, 1.807) is 6.33 Å². The molecule has 0 spiro atoms. The standard InChI is InChI=1S/C22H24BrN5O2/c23-17-5-7-18(8-6-17)26-22(30)24-10-13-28-15-25-19-14-16(4-9-20(19)28)21(29)27-11-2-1-3-12-27/h4-9,14-15H,1-3,10-13H2,(H2,24,26,30). The second-order valence-corrected chi connectivity index (χ2v) is 8.30. The number of aromatic nitrogens is 2. The highest BCUT2D eigenvalue weighted by atomic mass is 79.9. The van der Waals surface area contributed by atoms with Gasteiger partial charge in [0.15, 0.2) is 0 Å². The Labute approximate surface area is 183 Å². The topological polar surface area (TPSA) is 79.3 Å². The van der Waals surface area contributed by atoms with Crippen molar-refractivity contribution in [2.45, 2.75) is 25.8 Å². The molecule has 1 fully saturated rings. The van der Waals surface area contributed by atoms with Gasteiger partial charge in [0.05, 0.1) is 17.4 Å². The molecule has 8 heteroatoms. The van der Waals surface area contributed by atoms with E-state index in [1.165, 1.54) is 6.42 Å². The third-order valence-corrected chi connectivity index (χ3v) is 5.78. The minimum Gasteiger partial charge on any atom is -0.339 e. The maximum absolute atomic E-state index is 12.7. The molecule has 156 valence electrons. The number of fused-ring (bicyclic) bond motifs is 1. The number of anilines is 1. The fourth-order valence-electron chi connectivity index (χ4n) is 3.65. The summed E-state index contributed by atoms with van der Waals surface area (Å²) < 4.78 is 2.94. The number of imidazole rings is 1. The first-order valence-corrected chi connectivity index (χ1v) is 10.9. The third-order valence-electron chi connectivity index (χ3n) is 5.25. The van der Waals surface area contributed by atoms with Crippen molar-refractivity contribution in [1.29, 1.82) is 0 Å². The Bertz CT molecular complexity index is 1040. The first-order valence-electron chi connectivity index (χ1n) is 10.1. The van der Waals surface area contributed by atoms with Crippen LogP contribution < -0.4 is 10.6 Å². The minimum atomic E-state index is -0.254. The van der Waals surface area contributed by atoms with Crippen molar-refractivity contribution in [2.75, 3.05) is 25.0 Å². The van der Waals surface area contributed by atoms with Crippen molar-refractivity contribution in [1.82, 2.24) is 19.8 Å². The fourth-order valence-corrected chi connectivity index (χ4v) is 3.92. The first-order chi connectivity index (χ1) is 14.6. The highest BCUT2D eigenvalue weighted by Crippen LogP contribution is 2.18. The summed E-state index contributed by atoms with van der Waals surface area (Å²) in [5.74, 6) is 0.0810. The van der Waals surface area contributed by atoms with Crippen LogP contribution in [0.1, 0.15) is 29.6 Å². The Hall–Kier alpha value is -2.87. The molecule has 0 bridgehead atoms. The summed E-state index contributed by atoms with van der Waals surface area (Å²) in [6, 6.07) is 12.8. The second kappa shape index (κ2) is 9.30. The number of nitrogens with one attached hydrogen (secondary N) is 2. The first kappa shape index (κ1) is 20.4.